The van der Waals surface area contributed by atoms with Gasteiger partial charge in [0, 0.05) is 43.0 Å². The fourth-order valence-corrected chi connectivity index (χ4v) is 2.72. The van der Waals surface area contributed by atoms with Crippen molar-refractivity contribution in [1.82, 2.24) is 5.32 Å². The Balaban J connectivity index is 3.12. The molecule has 0 aromatic heterocycles. The molecule has 1 rings (SSSR count). The number of rotatable bonds is 10. The minimum atomic E-state index is -3.54. The molecule has 1 N–H and O–H groups in total. The summed E-state index contributed by atoms with van der Waals surface area (Å²) in [5.41, 5.74) is 1.84. The van der Waals surface area contributed by atoms with Crippen LogP contribution in [0, 0.1) is 0 Å². The summed E-state index contributed by atoms with van der Waals surface area (Å²) in [4.78, 5) is 2.16. The normalized spacial score (nSPS) is 12.9. The number of anilines is 1. The van der Waals surface area contributed by atoms with Crippen LogP contribution in [-0.2, 0) is 16.7 Å². The van der Waals surface area contributed by atoms with E-state index in [0.29, 0.717) is 18.3 Å². The first-order valence-electron chi connectivity index (χ1n) is 8.40. The summed E-state index contributed by atoms with van der Waals surface area (Å²) in [5, 5.41) is 3.38. The molecule has 0 saturated heterocycles. The molecular formula is C17H30N2O3S. The number of hydrogen-bond acceptors (Lipinski definition) is 5. The summed E-state index contributed by atoms with van der Waals surface area (Å²) in [5.74, 6) is 0.382. The summed E-state index contributed by atoms with van der Waals surface area (Å²) in [6, 6.07) is 6.16. The zero-order chi connectivity index (χ0) is 17.5. The van der Waals surface area contributed by atoms with Gasteiger partial charge in [0.2, 0.25) is 0 Å². The van der Waals surface area contributed by atoms with Crippen molar-refractivity contribution in [2.75, 3.05) is 23.7 Å². The van der Waals surface area contributed by atoms with Gasteiger partial charge in [-0.25, -0.2) is 0 Å². The Morgan fingerprint density at radius 3 is 2.35 bits per heavy atom. The van der Waals surface area contributed by atoms with E-state index >= 15 is 0 Å². The van der Waals surface area contributed by atoms with Crippen LogP contribution in [0.25, 0.3) is 0 Å². The number of nitrogens with zero attached hydrogens (tertiary/aromatic N) is 1. The Bertz CT molecular complexity index is 584. The van der Waals surface area contributed by atoms with Crippen molar-refractivity contribution in [3.05, 3.63) is 23.8 Å². The zero-order valence-electron chi connectivity index (χ0n) is 14.9. The van der Waals surface area contributed by atoms with Gasteiger partial charge in [0.25, 0.3) is 0 Å². The quantitative estimate of drug-likeness (QED) is 0.662. The Labute approximate surface area is 141 Å². The van der Waals surface area contributed by atoms with Crippen LogP contribution in [0.2, 0.25) is 0 Å². The lowest BCUT2D eigenvalue weighted by molar-refractivity contribution is 0.477. The summed E-state index contributed by atoms with van der Waals surface area (Å²) in [7, 11) is -3.54. The van der Waals surface area contributed by atoms with Gasteiger partial charge in [0.05, 0.1) is 5.75 Å². The predicted molar refractivity (Wildman–Crippen MR) is 96.7 cm³/mol. The van der Waals surface area contributed by atoms with Crippen molar-refractivity contribution < 1.29 is 12.6 Å². The molecule has 0 heterocycles. The van der Waals surface area contributed by atoms with Crippen molar-refractivity contribution >= 4 is 15.8 Å². The highest BCUT2D eigenvalue weighted by Gasteiger charge is 2.15. The lowest BCUT2D eigenvalue weighted by atomic mass is 10.1. The second kappa shape index (κ2) is 9.13. The lowest BCUT2D eigenvalue weighted by Gasteiger charge is -2.23. The van der Waals surface area contributed by atoms with Crippen LogP contribution >= 0.6 is 0 Å². The van der Waals surface area contributed by atoms with Gasteiger partial charge < -0.3 is 14.4 Å². The molecule has 23 heavy (non-hydrogen) atoms. The highest BCUT2D eigenvalue weighted by atomic mass is 32.2. The van der Waals surface area contributed by atoms with E-state index in [0.717, 1.165) is 30.8 Å². The molecule has 0 fully saturated rings. The van der Waals surface area contributed by atoms with Gasteiger partial charge >= 0.3 is 10.1 Å². The smallest absolute Gasteiger partial charge is 0.308 e. The fraction of sp³-hybridized carbons (Fsp3) is 0.647. The van der Waals surface area contributed by atoms with Crippen LogP contribution in [-0.4, -0.2) is 33.3 Å². The van der Waals surface area contributed by atoms with Crippen LogP contribution in [0.15, 0.2) is 18.2 Å². The summed E-state index contributed by atoms with van der Waals surface area (Å²) in [6.45, 7) is 12.3. The molecule has 1 unspecified atom stereocenters. The second-order valence-corrected chi connectivity index (χ2v) is 7.44. The number of hydrogen-bond donors (Lipinski definition) is 1. The third-order valence-corrected chi connectivity index (χ3v) is 5.14. The first-order chi connectivity index (χ1) is 10.9. The molecule has 6 heteroatoms. The standard InChI is InChI=1S/C17H30N2O3S/c1-6-14(5)18-13-15-10-11-16(19(7-2)8-3)12-17(15)22-23(20,21)9-4/h10-12,14,18H,6-9,13H2,1-5H3. The predicted octanol–water partition coefficient (Wildman–Crippen LogP) is 3.15. The molecule has 0 radical (unpaired) electrons. The zero-order valence-corrected chi connectivity index (χ0v) is 15.7. The molecule has 132 valence electrons. The van der Waals surface area contributed by atoms with Gasteiger partial charge in [-0.3, -0.25) is 0 Å². The Hall–Kier alpha value is -1.27. The van der Waals surface area contributed by atoms with E-state index in [2.05, 4.69) is 37.9 Å². The highest BCUT2D eigenvalue weighted by molar-refractivity contribution is 7.87. The van der Waals surface area contributed by atoms with Gasteiger partial charge in [-0.15, -0.1) is 0 Å². The summed E-state index contributed by atoms with van der Waals surface area (Å²) in [6.07, 6.45) is 1.01. The van der Waals surface area contributed by atoms with E-state index in [4.69, 9.17) is 4.18 Å². The van der Waals surface area contributed by atoms with E-state index in [1.165, 1.54) is 0 Å². The molecule has 1 aromatic carbocycles. The van der Waals surface area contributed by atoms with Gasteiger partial charge in [-0.1, -0.05) is 13.0 Å². The van der Waals surface area contributed by atoms with E-state index in [1.807, 2.05) is 18.2 Å². The number of nitrogens with one attached hydrogen (secondary N) is 1. The second-order valence-electron chi connectivity index (χ2n) is 5.58. The van der Waals surface area contributed by atoms with Gasteiger partial charge in [-0.05, 0) is 40.2 Å². The van der Waals surface area contributed by atoms with Crippen LogP contribution in [0.4, 0.5) is 5.69 Å². The van der Waals surface area contributed by atoms with Crippen molar-refractivity contribution in [2.24, 2.45) is 0 Å². The molecule has 1 aromatic rings. The van der Waals surface area contributed by atoms with Crippen LogP contribution in [0.5, 0.6) is 5.75 Å². The van der Waals surface area contributed by atoms with Crippen molar-refractivity contribution in [3.8, 4) is 5.75 Å². The first-order valence-corrected chi connectivity index (χ1v) is 9.97. The number of benzene rings is 1. The largest absolute Gasteiger partial charge is 0.382 e. The molecular weight excluding hydrogens is 312 g/mol. The third kappa shape index (κ3) is 6.03. The van der Waals surface area contributed by atoms with E-state index in [1.54, 1.807) is 6.92 Å². The maximum absolute atomic E-state index is 11.9. The molecule has 5 nitrogen and oxygen atoms in total. The van der Waals surface area contributed by atoms with Crippen molar-refractivity contribution in [3.63, 3.8) is 0 Å². The summed E-state index contributed by atoms with van der Waals surface area (Å²) >= 11 is 0. The molecule has 0 amide bonds. The van der Waals surface area contributed by atoms with Crippen LogP contribution in [0.1, 0.15) is 46.6 Å². The molecule has 0 aliphatic heterocycles. The average Bonchev–Trinajstić information content (AvgIpc) is 2.54. The van der Waals surface area contributed by atoms with Gasteiger partial charge in [0.1, 0.15) is 5.75 Å². The van der Waals surface area contributed by atoms with Gasteiger partial charge in [0.15, 0.2) is 0 Å². The lowest BCUT2D eigenvalue weighted by Crippen LogP contribution is -2.25. The topological polar surface area (TPSA) is 58.6 Å². The van der Waals surface area contributed by atoms with Crippen LogP contribution < -0.4 is 14.4 Å². The maximum atomic E-state index is 11.9. The summed E-state index contributed by atoms with van der Waals surface area (Å²) < 4.78 is 29.1. The third-order valence-electron chi connectivity index (χ3n) is 4.00. The molecule has 0 aliphatic rings. The monoisotopic (exact) mass is 342 g/mol. The SMILES string of the molecule is CCC(C)NCc1ccc(N(CC)CC)cc1OS(=O)(=O)CC. The van der Waals surface area contributed by atoms with Crippen molar-refractivity contribution in [2.45, 2.75) is 53.6 Å². The molecule has 0 saturated carbocycles. The molecule has 0 spiro atoms. The van der Waals surface area contributed by atoms with E-state index in [9.17, 15) is 8.42 Å². The Morgan fingerprint density at radius 1 is 1.17 bits per heavy atom. The minimum absolute atomic E-state index is 0.0409. The Kier molecular flexibility index (Phi) is 7.85. The van der Waals surface area contributed by atoms with Crippen molar-refractivity contribution in [1.29, 1.82) is 0 Å². The first kappa shape index (κ1) is 19.8. The fourth-order valence-electron chi connectivity index (χ4n) is 2.18. The Morgan fingerprint density at radius 2 is 1.83 bits per heavy atom. The highest BCUT2D eigenvalue weighted by Crippen LogP contribution is 2.27. The average molecular weight is 343 g/mol. The maximum Gasteiger partial charge on any atom is 0.308 e. The van der Waals surface area contributed by atoms with Gasteiger partial charge in [-0.2, -0.15) is 8.42 Å². The molecule has 0 aliphatic carbocycles. The minimum Gasteiger partial charge on any atom is -0.382 e. The molecule has 1 atom stereocenters. The van der Waals surface area contributed by atoms with E-state index < -0.39 is 10.1 Å². The van der Waals surface area contributed by atoms with Crippen LogP contribution in [0.3, 0.4) is 0 Å². The molecule has 0 bridgehead atoms. The van der Waals surface area contributed by atoms with E-state index in [-0.39, 0.29) is 5.75 Å².